The zero-order chi connectivity index (χ0) is 44.7. The van der Waals surface area contributed by atoms with Crippen molar-refractivity contribution >= 4 is 23.7 Å². The molecule has 8 nitrogen and oxygen atoms in total. The van der Waals surface area contributed by atoms with Crippen LogP contribution in [0.5, 0.6) is 23.0 Å². The number of carboxylic acids is 2. The lowest BCUT2D eigenvalue weighted by molar-refractivity contribution is -0.140. The molecule has 0 saturated heterocycles. The van der Waals surface area contributed by atoms with Crippen LogP contribution in [0.1, 0.15) is 150 Å². The smallest absolute Gasteiger partial charge is 0.341 e. The van der Waals surface area contributed by atoms with E-state index in [4.69, 9.17) is 18.9 Å². The number of aliphatic carboxylic acids is 2. The molecule has 4 aromatic rings. The van der Waals surface area contributed by atoms with Crippen LogP contribution in [0, 0.1) is 0 Å². The van der Waals surface area contributed by atoms with Crippen LogP contribution in [-0.2, 0) is 56.9 Å². The van der Waals surface area contributed by atoms with Gasteiger partial charge in [0.05, 0.1) is 13.2 Å². The van der Waals surface area contributed by atoms with E-state index in [1.807, 2.05) is 0 Å². The van der Waals surface area contributed by atoms with Crippen molar-refractivity contribution in [3.05, 3.63) is 115 Å². The summed E-state index contributed by atoms with van der Waals surface area (Å²) in [5, 5.41) is 20.0. The van der Waals surface area contributed by atoms with Crippen LogP contribution in [-0.4, -0.2) is 60.1 Å². The molecule has 9 heteroatoms. The van der Waals surface area contributed by atoms with Gasteiger partial charge in [0.15, 0.2) is 13.2 Å². The minimum Gasteiger partial charge on any atom is -0.492 e. The van der Waals surface area contributed by atoms with E-state index >= 15 is 0 Å². The van der Waals surface area contributed by atoms with E-state index < -0.39 is 25.2 Å². The average molecular weight is 851 g/mol. The van der Waals surface area contributed by atoms with E-state index in [1.165, 1.54) is 11.1 Å². The van der Waals surface area contributed by atoms with Crippen molar-refractivity contribution in [2.24, 2.45) is 0 Å². The molecule has 0 aromatic heterocycles. The van der Waals surface area contributed by atoms with E-state index in [9.17, 15) is 19.8 Å². The van der Waals surface area contributed by atoms with Crippen molar-refractivity contribution in [3.8, 4) is 23.0 Å². The quantitative estimate of drug-likeness (QED) is 0.172. The second-order valence-corrected chi connectivity index (χ2v) is 22.1. The molecule has 328 valence electrons. The summed E-state index contributed by atoms with van der Waals surface area (Å²) in [6, 6.07) is 17.7. The summed E-state index contributed by atoms with van der Waals surface area (Å²) in [5.74, 6) is 2.11. The fourth-order valence-electron chi connectivity index (χ4n) is 8.14. The maximum absolute atomic E-state index is 12.2. The van der Waals surface area contributed by atoms with Gasteiger partial charge < -0.3 is 29.2 Å². The molecule has 0 radical (unpaired) electrons. The number of benzene rings is 4. The number of fused-ring (bicyclic) bond motifs is 4. The molecule has 2 aliphatic rings. The lowest BCUT2D eigenvalue weighted by atomic mass is 9.79. The first-order valence-corrected chi connectivity index (χ1v) is 22.7. The number of rotatable bonds is 6. The van der Waals surface area contributed by atoms with Gasteiger partial charge in [0.2, 0.25) is 0 Å². The number of hydrogen-bond acceptors (Lipinski definition) is 7. The summed E-state index contributed by atoms with van der Waals surface area (Å²) in [4.78, 5) is 24.5. The molecule has 1 aliphatic heterocycles. The molecule has 0 fully saturated rings. The van der Waals surface area contributed by atoms with Crippen molar-refractivity contribution in [3.63, 3.8) is 0 Å². The zero-order valence-corrected chi connectivity index (χ0v) is 39.3. The molecule has 6 rings (SSSR count). The summed E-state index contributed by atoms with van der Waals surface area (Å²) >= 11 is 1.79. The highest BCUT2D eigenvalue weighted by atomic mass is 32.2. The second kappa shape index (κ2) is 17.6. The topological polar surface area (TPSA) is 112 Å². The standard InChI is InChI=1S/C52H66O8S/c1-49(2,3)39-21-31-17-32-22-40(50(4,5)6)24-34-19-36-26-42(52(10,11)12)28-38(48(36)60-30-44(55)56)20-37-27-41(51(7,8)9)25-35(47(37)59-29-43(53)54)18-33(23-39)45(31)57-13-15-61-16-14-58-46(32)34/h21-28H,13-20,29-30H2,1-12H3,(H,53,54)(H,55,56). The largest absolute Gasteiger partial charge is 0.492 e. The summed E-state index contributed by atoms with van der Waals surface area (Å²) < 4.78 is 26.6. The first-order chi connectivity index (χ1) is 28.4. The Bertz CT molecular complexity index is 2140. The van der Waals surface area contributed by atoms with Crippen molar-refractivity contribution in [1.82, 2.24) is 0 Å². The highest BCUT2D eigenvalue weighted by Gasteiger charge is 2.30. The van der Waals surface area contributed by atoms with E-state index in [0.717, 1.165) is 78.6 Å². The van der Waals surface area contributed by atoms with Crippen LogP contribution in [0.4, 0.5) is 0 Å². The number of ether oxygens (including phenoxy) is 4. The van der Waals surface area contributed by atoms with Crippen molar-refractivity contribution < 1.29 is 38.7 Å². The van der Waals surface area contributed by atoms with Crippen LogP contribution < -0.4 is 18.9 Å². The van der Waals surface area contributed by atoms with Gasteiger partial charge in [0.25, 0.3) is 0 Å². The highest BCUT2D eigenvalue weighted by molar-refractivity contribution is 7.99. The third-order valence-corrected chi connectivity index (χ3v) is 12.5. The summed E-state index contributed by atoms with van der Waals surface area (Å²) in [7, 11) is 0. The zero-order valence-electron chi connectivity index (χ0n) is 38.4. The van der Waals surface area contributed by atoms with Gasteiger partial charge in [-0.3, -0.25) is 0 Å². The minimum absolute atomic E-state index is 0.192. The van der Waals surface area contributed by atoms with E-state index in [-0.39, 0.29) is 21.7 Å². The van der Waals surface area contributed by atoms with Crippen LogP contribution in [0.3, 0.4) is 0 Å². The van der Waals surface area contributed by atoms with Gasteiger partial charge in [-0.15, -0.1) is 0 Å². The maximum Gasteiger partial charge on any atom is 0.341 e. The van der Waals surface area contributed by atoms with Gasteiger partial charge in [0, 0.05) is 37.2 Å². The van der Waals surface area contributed by atoms with Crippen LogP contribution in [0.2, 0.25) is 0 Å². The monoisotopic (exact) mass is 850 g/mol. The van der Waals surface area contributed by atoms with Gasteiger partial charge >= 0.3 is 11.9 Å². The SMILES string of the molecule is CC(C)(C)c1cc2c3c(c1)Cc1cc(C(C)(C)C)cc(c1OCC(=O)O)Cc1cc(C(C)(C)C)cc(c1OCC(=O)O)Cc1cc(C(C)(C)C)cc(c1OCCSCCO3)C2. The van der Waals surface area contributed by atoms with Crippen LogP contribution in [0.25, 0.3) is 0 Å². The molecular formula is C52H66O8S. The lowest BCUT2D eigenvalue weighted by Gasteiger charge is -2.29. The fraction of sp³-hybridized carbons (Fsp3) is 0.500. The first-order valence-electron chi connectivity index (χ1n) is 21.6. The summed E-state index contributed by atoms with van der Waals surface area (Å²) in [5.41, 5.74) is 11.0. The second-order valence-electron chi connectivity index (χ2n) is 20.9. The van der Waals surface area contributed by atoms with Gasteiger partial charge in [-0.2, -0.15) is 11.8 Å². The average Bonchev–Trinajstić information content (AvgIpc) is 3.12. The Morgan fingerprint density at radius 2 is 0.721 bits per heavy atom. The molecular weight excluding hydrogens is 785 g/mol. The lowest BCUT2D eigenvalue weighted by Crippen LogP contribution is -2.19. The molecule has 0 unspecified atom stereocenters. The van der Waals surface area contributed by atoms with Crippen LogP contribution >= 0.6 is 11.8 Å². The van der Waals surface area contributed by atoms with Gasteiger partial charge in [-0.1, -0.05) is 132 Å². The molecule has 2 N–H and O–H groups in total. The normalized spacial score (nSPS) is 15.0. The van der Waals surface area contributed by atoms with Gasteiger partial charge in [-0.05, 0) is 88.4 Å². The van der Waals surface area contributed by atoms with Gasteiger partial charge in [-0.25, -0.2) is 9.59 Å². The Morgan fingerprint density at radius 1 is 0.475 bits per heavy atom. The fourth-order valence-corrected chi connectivity index (χ4v) is 8.74. The molecule has 61 heavy (non-hydrogen) atoms. The maximum atomic E-state index is 12.2. The van der Waals surface area contributed by atoms with Crippen molar-refractivity contribution in [2.45, 2.75) is 130 Å². The Morgan fingerprint density at radius 3 is 0.984 bits per heavy atom. The summed E-state index contributed by atoms with van der Waals surface area (Å²) in [6.07, 6.45) is 1.72. The summed E-state index contributed by atoms with van der Waals surface area (Å²) in [6.45, 7) is 26.4. The van der Waals surface area contributed by atoms with Crippen molar-refractivity contribution in [2.75, 3.05) is 37.9 Å². The third kappa shape index (κ3) is 11.1. The third-order valence-electron chi connectivity index (χ3n) is 11.6. The van der Waals surface area contributed by atoms with E-state index in [0.29, 0.717) is 50.4 Å². The first kappa shape index (κ1) is 45.9. The van der Waals surface area contributed by atoms with Crippen molar-refractivity contribution in [1.29, 1.82) is 0 Å². The Balaban J connectivity index is 1.81. The molecule has 0 saturated carbocycles. The number of carboxylic acid groups (broad SMARTS) is 2. The predicted molar refractivity (Wildman–Crippen MR) is 246 cm³/mol. The Hall–Kier alpha value is -4.63. The molecule has 1 heterocycles. The van der Waals surface area contributed by atoms with Gasteiger partial charge in [0.1, 0.15) is 23.0 Å². The molecule has 0 spiro atoms. The molecule has 0 atom stereocenters. The molecule has 0 amide bonds. The minimum atomic E-state index is -1.07. The number of carbonyl (C=O) groups is 2. The van der Waals surface area contributed by atoms with Crippen LogP contribution in [0.15, 0.2) is 48.5 Å². The van der Waals surface area contributed by atoms with E-state index in [1.54, 1.807) is 11.8 Å². The molecule has 10 bridgehead atoms. The molecule has 1 aliphatic carbocycles. The number of hydrogen-bond donors (Lipinski definition) is 2. The predicted octanol–water partition coefficient (Wildman–Crippen LogP) is 11.0. The Labute approximate surface area is 367 Å². The Kier molecular flexibility index (Phi) is 13.3. The number of thioether (sulfide) groups is 1. The van der Waals surface area contributed by atoms with E-state index in [2.05, 4.69) is 132 Å². The molecule has 4 aromatic carbocycles. The highest BCUT2D eigenvalue weighted by Crippen LogP contribution is 2.44.